The van der Waals surface area contributed by atoms with E-state index in [-0.39, 0.29) is 10.4 Å². The molecule has 0 aliphatic carbocycles. The minimum Gasteiger partial charge on any atom is -0.389 e. The Hall–Kier alpha value is -0.600. The highest BCUT2D eigenvalue weighted by atomic mass is 35.5. The largest absolute Gasteiger partial charge is 0.389 e. The van der Waals surface area contributed by atoms with Crippen molar-refractivity contribution in [3.05, 3.63) is 34.6 Å². The van der Waals surface area contributed by atoms with Crippen LogP contribution in [0.3, 0.4) is 0 Å². The lowest BCUT2D eigenvalue weighted by atomic mass is 9.74. The van der Waals surface area contributed by atoms with Crippen molar-refractivity contribution in [1.29, 1.82) is 0 Å². The van der Waals surface area contributed by atoms with Crippen molar-refractivity contribution in [2.45, 2.75) is 39.7 Å². The first kappa shape index (κ1) is 13.5. The van der Waals surface area contributed by atoms with Gasteiger partial charge in [-0.3, -0.25) is 0 Å². The van der Waals surface area contributed by atoms with E-state index in [0.717, 1.165) is 5.56 Å². The summed E-state index contributed by atoms with van der Waals surface area (Å²) in [5.74, 6) is -0.441. The lowest BCUT2D eigenvalue weighted by Gasteiger charge is -2.37. The highest BCUT2D eigenvalue weighted by Gasteiger charge is 2.35. The maximum absolute atomic E-state index is 13.2. The molecule has 0 amide bonds. The molecule has 1 nitrogen and oxygen atoms in total. The Kier molecular flexibility index (Phi) is 3.65. The summed E-state index contributed by atoms with van der Waals surface area (Å²) in [6, 6.07) is 4.64. The van der Waals surface area contributed by atoms with Crippen molar-refractivity contribution in [3.8, 4) is 0 Å². The van der Waals surface area contributed by atoms with Crippen LogP contribution in [0.1, 0.15) is 33.3 Å². The number of hydrogen-bond acceptors (Lipinski definition) is 1. The van der Waals surface area contributed by atoms with Crippen LogP contribution in [-0.2, 0) is 6.42 Å². The minimum absolute atomic E-state index is 0.110. The zero-order valence-corrected chi connectivity index (χ0v) is 10.9. The van der Waals surface area contributed by atoms with E-state index in [2.05, 4.69) is 0 Å². The van der Waals surface area contributed by atoms with Gasteiger partial charge in [0.15, 0.2) is 0 Å². The summed E-state index contributed by atoms with van der Waals surface area (Å²) in [4.78, 5) is 0. The number of aliphatic hydroxyl groups is 1. The Morgan fingerprint density at radius 2 is 1.81 bits per heavy atom. The van der Waals surface area contributed by atoms with Crippen LogP contribution in [0.25, 0.3) is 0 Å². The van der Waals surface area contributed by atoms with E-state index in [1.54, 1.807) is 13.0 Å². The lowest BCUT2D eigenvalue weighted by Crippen LogP contribution is -2.41. The van der Waals surface area contributed by atoms with E-state index in [9.17, 15) is 9.50 Å². The lowest BCUT2D eigenvalue weighted by molar-refractivity contribution is -0.0405. The van der Waals surface area contributed by atoms with Crippen LogP contribution in [0.15, 0.2) is 18.2 Å². The molecule has 0 aliphatic heterocycles. The maximum atomic E-state index is 13.2. The van der Waals surface area contributed by atoms with Gasteiger partial charge in [-0.15, -0.1) is 0 Å². The molecule has 0 aliphatic rings. The molecule has 0 heterocycles. The molecule has 90 valence electrons. The fraction of sp³-hybridized carbons (Fsp3) is 0.538. The number of hydrogen-bond donors (Lipinski definition) is 1. The van der Waals surface area contributed by atoms with Gasteiger partial charge in [-0.05, 0) is 30.0 Å². The van der Waals surface area contributed by atoms with Gasteiger partial charge in [-0.25, -0.2) is 4.39 Å². The summed E-state index contributed by atoms with van der Waals surface area (Å²) >= 11 is 5.60. The smallest absolute Gasteiger partial charge is 0.142 e. The molecule has 1 rings (SSSR count). The van der Waals surface area contributed by atoms with Crippen molar-refractivity contribution in [3.63, 3.8) is 0 Å². The Morgan fingerprint density at radius 3 is 2.25 bits per heavy atom. The Morgan fingerprint density at radius 1 is 1.25 bits per heavy atom. The van der Waals surface area contributed by atoms with Gasteiger partial charge >= 0.3 is 0 Å². The Bertz CT molecular complexity index is 380. The van der Waals surface area contributed by atoms with Crippen molar-refractivity contribution >= 4 is 11.6 Å². The second-order valence-electron chi connectivity index (χ2n) is 5.45. The molecule has 0 fully saturated rings. The first-order chi connectivity index (χ1) is 7.13. The monoisotopic (exact) mass is 244 g/mol. The summed E-state index contributed by atoms with van der Waals surface area (Å²) in [6.45, 7) is 7.64. The zero-order valence-electron chi connectivity index (χ0n) is 10.1. The second kappa shape index (κ2) is 4.34. The molecule has 0 bridgehead atoms. The predicted octanol–water partition coefficient (Wildman–Crippen LogP) is 3.82. The molecule has 1 atom stereocenters. The van der Waals surface area contributed by atoms with Gasteiger partial charge in [0, 0.05) is 6.42 Å². The molecule has 1 unspecified atom stereocenters. The molecule has 0 spiro atoms. The van der Waals surface area contributed by atoms with Crippen LogP contribution in [0.4, 0.5) is 4.39 Å². The third-order valence-electron chi connectivity index (χ3n) is 3.15. The molecule has 0 aromatic heterocycles. The average molecular weight is 245 g/mol. The highest BCUT2D eigenvalue weighted by Crippen LogP contribution is 2.33. The third kappa shape index (κ3) is 2.96. The zero-order chi connectivity index (χ0) is 12.6. The van der Waals surface area contributed by atoms with Crippen LogP contribution < -0.4 is 0 Å². The minimum atomic E-state index is -0.882. The van der Waals surface area contributed by atoms with Crippen molar-refractivity contribution in [2.24, 2.45) is 5.41 Å². The van der Waals surface area contributed by atoms with Gasteiger partial charge in [0.25, 0.3) is 0 Å². The average Bonchev–Trinajstić information content (AvgIpc) is 2.09. The second-order valence-corrected chi connectivity index (χ2v) is 5.86. The van der Waals surface area contributed by atoms with Gasteiger partial charge < -0.3 is 5.11 Å². The maximum Gasteiger partial charge on any atom is 0.142 e. The van der Waals surface area contributed by atoms with Crippen LogP contribution in [0, 0.1) is 11.2 Å². The number of rotatable bonds is 2. The predicted molar refractivity (Wildman–Crippen MR) is 65.2 cm³/mol. The topological polar surface area (TPSA) is 20.2 Å². The summed E-state index contributed by atoms with van der Waals surface area (Å²) in [7, 11) is 0. The third-order valence-corrected chi connectivity index (χ3v) is 3.45. The van der Waals surface area contributed by atoms with E-state index < -0.39 is 11.4 Å². The highest BCUT2D eigenvalue weighted by molar-refractivity contribution is 6.30. The molecule has 16 heavy (non-hydrogen) atoms. The molecular weight excluding hydrogens is 227 g/mol. The first-order valence-electron chi connectivity index (χ1n) is 5.30. The molecule has 1 aromatic carbocycles. The summed E-state index contributed by atoms with van der Waals surface area (Å²) in [5, 5.41) is 10.4. The molecule has 1 N–H and O–H groups in total. The SMILES string of the molecule is CC(C)(C)C(C)(O)Cc1ccc(Cl)c(F)c1. The van der Waals surface area contributed by atoms with E-state index in [4.69, 9.17) is 11.6 Å². The van der Waals surface area contributed by atoms with Crippen molar-refractivity contribution < 1.29 is 9.50 Å². The van der Waals surface area contributed by atoms with Gasteiger partial charge in [-0.1, -0.05) is 38.4 Å². The molecule has 0 radical (unpaired) electrons. The van der Waals surface area contributed by atoms with E-state index in [1.807, 2.05) is 20.8 Å². The van der Waals surface area contributed by atoms with Crippen LogP contribution in [0.5, 0.6) is 0 Å². The molecule has 0 saturated heterocycles. The van der Waals surface area contributed by atoms with E-state index in [1.165, 1.54) is 12.1 Å². The van der Waals surface area contributed by atoms with E-state index in [0.29, 0.717) is 6.42 Å². The summed E-state index contributed by atoms with van der Waals surface area (Å²) in [6.07, 6.45) is 0.407. The van der Waals surface area contributed by atoms with Crippen LogP contribution in [0.2, 0.25) is 5.02 Å². The van der Waals surface area contributed by atoms with Crippen LogP contribution in [-0.4, -0.2) is 10.7 Å². The van der Waals surface area contributed by atoms with Gasteiger partial charge in [-0.2, -0.15) is 0 Å². The molecular formula is C13H18ClFO. The normalized spacial score (nSPS) is 15.9. The van der Waals surface area contributed by atoms with E-state index >= 15 is 0 Å². The standard InChI is InChI=1S/C13H18ClFO/c1-12(2,3)13(4,16)8-9-5-6-10(14)11(15)7-9/h5-7,16H,8H2,1-4H3. The quantitative estimate of drug-likeness (QED) is 0.839. The number of halogens is 2. The molecule has 1 aromatic rings. The Labute approximate surface area is 101 Å². The van der Waals surface area contributed by atoms with Gasteiger partial charge in [0.2, 0.25) is 0 Å². The first-order valence-corrected chi connectivity index (χ1v) is 5.67. The van der Waals surface area contributed by atoms with Crippen molar-refractivity contribution in [1.82, 2.24) is 0 Å². The van der Waals surface area contributed by atoms with Crippen molar-refractivity contribution in [2.75, 3.05) is 0 Å². The number of benzene rings is 1. The summed E-state index contributed by atoms with van der Waals surface area (Å²) in [5.41, 5.74) is -0.391. The molecule has 3 heteroatoms. The van der Waals surface area contributed by atoms with Gasteiger partial charge in [0.1, 0.15) is 5.82 Å². The molecule has 0 saturated carbocycles. The Balaban J connectivity index is 2.93. The summed E-state index contributed by atoms with van der Waals surface area (Å²) < 4.78 is 13.2. The van der Waals surface area contributed by atoms with Crippen LogP contribution >= 0.6 is 11.6 Å². The fourth-order valence-electron chi connectivity index (χ4n) is 1.31. The fourth-order valence-corrected chi connectivity index (χ4v) is 1.43. The van der Waals surface area contributed by atoms with Gasteiger partial charge in [0.05, 0.1) is 10.6 Å².